The van der Waals surface area contributed by atoms with Gasteiger partial charge in [-0.1, -0.05) is 30.3 Å². The van der Waals surface area contributed by atoms with Crippen LogP contribution < -0.4 is 5.73 Å². The quantitative estimate of drug-likeness (QED) is 0.777. The van der Waals surface area contributed by atoms with Crippen molar-refractivity contribution in [3.63, 3.8) is 0 Å². The van der Waals surface area contributed by atoms with Gasteiger partial charge in [-0.3, -0.25) is 0 Å². The Bertz CT molecular complexity index is 246. The molecular formula is C12H19NO. The van der Waals surface area contributed by atoms with E-state index in [2.05, 4.69) is 12.1 Å². The first-order valence-corrected chi connectivity index (χ1v) is 5.10. The van der Waals surface area contributed by atoms with Gasteiger partial charge in [-0.2, -0.15) is 0 Å². The molecule has 0 aromatic heterocycles. The molecule has 2 nitrogen and oxygen atoms in total. The highest BCUT2D eigenvalue weighted by molar-refractivity contribution is 5.19. The van der Waals surface area contributed by atoms with Gasteiger partial charge in [0.15, 0.2) is 0 Å². The second-order valence-electron chi connectivity index (χ2n) is 3.73. The SMILES string of the molecule is CC(C)OCC(CN)c1ccccc1. The van der Waals surface area contributed by atoms with Gasteiger partial charge < -0.3 is 10.5 Å². The van der Waals surface area contributed by atoms with E-state index in [1.807, 2.05) is 32.0 Å². The molecule has 78 valence electrons. The van der Waals surface area contributed by atoms with Crippen LogP contribution in [-0.4, -0.2) is 19.3 Å². The Morgan fingerprint density at radius 1 is 1.21 bits per heavy atom. The van der Waals surface area contributed by atoms with E-state index in [9.17, 15) is 0 Å². The molecule has 1 aromatic rings. The van der Waals surface area contributed by atoms with Crippen LogP contribution in [0.3, 0.4) is 0 Å². The Kier molecular flexibility index (Phi) is 4.63. The van der Waals surface area contributed by atoms with Crippen LogP contribution in [-0.2, 0) is 4.74 Å². The molecule has 0 heterocycles. The Balaban J connectivity index is 2.54. The van der Waals surface area contributed by atoms with E-state index < -0.39 is 0 Å². The number of hydrogen-bond donors (Lipinski definition) is 1. The highest BCUT2D eigenvalue weighted by Gasteiger charge is 2.09. The summed E-state index contributed by atoms with van der Waals surface area (Å²) in [5.74, 6) is 0.318. The van der Waals surface area contributed by atoms with Gasteiger partial charge >= 0.3 is 0 Å². The highest BCUT2D eigenvalue weighted by Crippen LogP contribution is 2.14. The van der Waals surface area contributed by atoms with Crippen LogP contribution in [0.1, 0.15) is 25.3 Å². The molecule has 1 unspecified atom stereocenters. The monoisotopic (exact) mass is 193 g/mol. The molecule has 0 aliphatic rings. The number of hydrogen-bond acceptors (Lipinski definition) is 2. The van der Waals surface area contributed by atoms with E-state index in [1.54, 1.807) is 0 Å². The van der Waals surface area contributed by atoms with Gasteiger partial charge in [-0.15, -0.1) is 0 Å². The molecule has 0 spiro atoms. The van der Waals surface area contributed by atoms with Gasteiger partial charge in [0.05, 0.1) is 12.7 Å². The van der Waals surface area contributed by atoms with Crippen molar-refractivity contribution >= 4 is 0 Å². The van der Waals surface area contributed by atoms with Crippen LogP contribution in [0.15, 0.2) is 30.3 Å². The highest BCUT2D eigenvalue weighted by atomic mass is 16.5. The summed E-state index contributed by atoms with van der Waals surface area (Å²) in [6.07, 6.45) is 0.271. The summed E-state index contributed by atoms with van der Waals surface area (Å²) < 4.78 is 5.57. The first-order valence-electron chi connectivity index (χ1n) is 5.10. The average Bonchev–Trinajstić information content (AvgIpc) is 2.20. The maximum atomic E-state index is 5.71. The molecule has 0 aliphatic carbocycles. The second-order valence-corrected chi connectivity index (χ2v) is 3.73. The van der Waals surface area contributed by atoms with E-state index in [4.69, 9.17) is 10.5 Å². The van der Waals surface area contributed by atoms with Crippen LogP contribution >= 0.6 is 0 Å². The lowest BCUT2D eigenvalue weighted by atomic mass is 10.0. The molecule has 2 heteroatoms. The fourth-order valence-electron chi connectivity index (χ4n) is 1.33. The van der Waals surface area contributed by atoms with Crippen LogP contribution in [0.4, 0.5) is 0 Å². The molecule has 0 amide bonds. The number of rotatable bonds is 5. The molecule has 1 aromatic carbocycles. The first-order chi connectivity index (χ1) is 6.74. The van der Waals surface area contributed by atoms with E-state index in [0.717, 1.165) is 0 Å². The zero-order chi connectivity index (χ0) is 10.4. The third kappa shape index (κ3) is 3.48. The van der Waals surface area contributed by atoms with Gasteiger partial charge in [0.1, 0.15) is 0 Å². The van der Waals surface area contributed by atoms with Crippen molar-refractivity contribution in [2.75, 3.05) is 13.2 Å². The fourth-order valence-corrected chi connectivity index (χ4v) is 1.33. The van der Waals surface area contributed by atoms with Crippen LogP contribution in [0.2, 0.25) is 0 Å². The van der Waals surface area contributed by atoms with E-state index in [1.165, 1.54) is 5.56 Å². The van der Waals surface area contributed by atoms with Crippen molar-refractivity contribution in [1.29, 1.82) is 0 Å². The summed E-state index contributed by atoms with van der Waals surface area (Å²) in [7, 11) is 0. The summed E-state index contributed by atoms with van der Waals surface area (Å²) in [5.41, 5.74) is 6.97. The molecule has 0 bridgehead atoms. The molecule has 1 atom stereocenters. The largest absolute Gasteiger partial charge is 0.378 e. The number of nitrogens with two attached hydrogens (primary N) is 1. The van der Waals surface area contributed by atoms with Gasteiger partial charge in [0.2, 0.25) is 0 Å². The average molecular weight is 193 g/mol. The third-order valence-corrected chi connectivity index (χ3v) is 2.19. The number of benzene rings is 1. The summed E-state index contributed by atoms with van der Waals surface area (Å²) >= 11 is 0. The van der Waals surface area contributed by atoms with E-state index in [-0.39, 0.29) is 6.10 Å². The van der Waals surface area contributed by atoms with Gasteiger partial charge in [-0.05, 0) is 19.4 Å². The van der Waals surface area contributed by atoms with Crippen molar-refractivity contribution in [2.45, 2.75) is 25.9 Å². The molecular weight excluding hydrogens is 174 g/mol. The normalized spacial score (nSPS) is 13.1. The lowest BCUT2D eigenvalue weighted by molar-refractivity contribution is 0.0686. The molecule has 0 saturated carbocycles. The summed E-state index contributed by atoms with van der Waals surface area (Å²) in [6, 6.07) is 10.3. The minimum absolute atomic E-state index is 0.271. The van der Waals surface area contributed by atoms with Gasteiger partial charge in [0, 0.05) is 12.5 Å². The molecule has 0 aliphatic heterocycles. The molecule has 14 heavy (non-hydrogen) atoms. The standard InChI is InChI=1S/C12H19NO/c1-10(2)14-9-12(8-13)11-6-4-3-5-7-11/h3-7,10,12H,8-9,13H2,1-2H3. The maximum Gasteiger partial charge on any atom is 0.0550 e. The second kappa shape index (κ2) is 5.78. The molecule has 0 radical (unpaired) electrons. The Morgan fingerprint density at radius 3 is 2.36 bits per heavy atom. The molecule has 2 N–H and O–H groups in total. The molecule has 0 saturated heterocycles. The van der Waals surface area contributed by atoms with Crippen molar-refractivity contribution in [3.8, 4) is 0 Å². The smallest absolute Gasteiger partial charge is 0.0550 e. The minimum atomic E-state index is 0.271. The summed E-state index contributed by atoms with van der Waals surface area (Å²) in [4.78, 5) is 0. The lowest BCUT2D eigenvalue weighted by Gasteiger charge is -2.17. The topological polar surface area (TPSA) is 35.2 Å². The van der Waals surface area contributed by atoms with Crippen LogP contribution in [0.25, 0.3) is 0 Å². The Labute approximate surface area is 86.1 Å². The fraction of sp³-hybridized carbons (Fsp3) is 0.500. The zero-order valence-corrected chi connectivity index (χ0v) is 8.94. The van der Waals surface area contributed by atoms with E-state index in [0.29, 0.717) is 19.1 Å². The van der Waals surface area contributed by atoms with Crippen LogP contribution in [0, 0.1) is 0 Å². The van der Waals surface area contributed by atoms with Gasteiger partial charge in [0.25, 0.3) is 0 Å². The Hall–Kier alpha value is -0.860. The van der Waals surface area contributed by atoms with Crippen molar-refractivity contribution < 1.29 is 4.74 Å². The predicted octanol–water partition coefficient (Wildman–Crippen LogP) is 2.15. The van der Waals surface area contributed by atoms with Crippen molar-refractivity contribution in [2.24, 2.45) is 5.73 Å². The third-order valence-electron chi connectivity index (χ3n) is 2.19. The maximum absolute atomic E-state index is 5.71. The lowest BCUT2D eigenvalue weighted by Crippen LogP contribution is -2.20. The summed E-state index contributed by atoms with van der Waals surface area (Å²) in [6.45, 7) is 5.42. The first kappa shape index (κ1) is 11.2. The molecule has 0 fully saturated rings. The minimum Gasteiger partial charge on any atom is -0.378 e. The van der Waals surface area contributed by atoms with Gasteiger partial charge in [-0.25, -0.2) is 0 Å². The summed E-state index contributed by atoms with van der Waals surface area (Å²) in [5, 5.41) is 0. The predicted molar refractivity (Wildman–Crippen MR) is 59.3 cm³/mol. The van der Waals surface area contributed by atoms with E-state index >= 15 is 0 Å². The molecule has 1 rings (SSSR count). The van der Waals surface area contributed by atoms with Crippen molar-refractivity contribution in [1.82, 2.24) is 0 Å². The Morgan fingerprint density at radius 2 is 1.86 bits per heavy atom. The zero-order valence-electron chi connectivity index (χ0n) is 8.94. The van der Waals surface area contributed by atoms with Crippen molar-refractivity contribution in [3.05, 3.63) is 35.9 Å². The van der Waals surface area contributed by atoms with Crippen LogP contribution in [0.5, 0.6) is 0 Å². The number of ether oxygens (including phenoxy) is 1.